The second-order valence-electron chi connectivity index (χ2n) is 7.29. The zero-order valence-corrected chi connectivity index (χ0v) is 18.7. The lowest BCUT2D eigenvalue weighted by molar-refractivity contribution is -0.191. The van der Waals surface area contributed by atoms with E-state index in [4.69, 9.17) is 9.59 Å². The van der Waals surface area contributed by atoms with E-state index in [1.54, 1.807) is 25.6 Å². The fourth-order valence-electron chi connectivity index (χ4n) is 2.47. The van der Waals surface area contributed by atoms with E-state index in [2.05, 4.69) is 5.32 Å². The maximum Gasteiger partial charge on any atom is 0.373 e. The third-order valence-electron chi connectivity index (χ3n) is 3.95. The maximum absolute atomic E-state index is 12.1. The molecule has 0 aromatic rings. The van der Waals surface area contributed by atoms with Gasteiger partial charge in [0.25, 0.3) is 0 Å². The molecule has 0 saturated carbocycles. The van der Waals surface area contributed by atoms with Crippen LogP contribution in [0.4, 0.5) is 0 Å². The Balaban J connectivity index is -0.000000634. The average molecular weight is 448 g/mol. The highest BCUT2D eigenvalue weighted by molar-refractivity contribution is 8.01. The number of thioether (sulfide) groups is 1. The summed E-state index contributed by atoms with van der Waals surface area (Å²) < 4.78 is 0. The first kappa shape index (κ1) is 35.6. The molecule has 0 spiro atoms. The van der Waals surface area contributed by atoms with Crippen LogP contribution in [-0.4, -0.2) is 46.0 Å². The summed E-state index contributed by atoms with van der Waals surface area (Å²) in [5, 5.41) is 2.86. The van der Waals surface area contributed by atoms with Gasteiger partial charge in [-0.1, -0.05) is 49.5 Å². The molecule has 0 aliphatic carbocycles. The van der Waals surface area contributed by atoms with Gasteiger partial charge >= 0.3 is 6.15 Å². The first-order valence-electron chi connectivity index (χ1n) is 9.40. The molecule has 8 heteroatoms. The van der Waals surface area contributed by atoms with Crippen molar-refractivity contribution in [3.05, 3.63) is 0 Å². The summed E-state index contributed by atoms with van der Waals surface area (Å²) in [6.45, 7) is 12.9. The zero-order chi connectivity index (χ0) is 22.4. The Hall–Kier alpha value is -1.79. The van der Waals surface area contributed by atoms with Crippen molar-refractivity contribution in [2.24, 2.45) is 11.8 Å². The molecule has 0 aromatic heterocycles. The minimum Gasteiger partial charge on any atom is -0.347 e. The molecule has 0 rings (SSSR count). The van der Waals surface area contributed by atoms with Gasteiger partial charge in [0, 0.05) is 31.1 Å². The third-order valence-corrected chi connectivity index (χ3v) is 5.17. The van der Waals surface area contributed by atoms with Crippen molar-refractivity contribution in [2.45, 2.75) is 99.1 Å². The molecule has 0 saturated heterocycles. The number of hydrogen-bond acceptors (Lipinski definition) is 7. The molecule has 0 heterocycles. The van der Waals surface area contributed by atoms with Crippen LogP contribution in [0, 0.1) is 11.8 Å². The molecule has 30 heavy (non-hydrogen) atoms. The normalized spacial score (nSPS) is 12.7. The highest BCUT2D eigenvalue weighted by Crippen LogP contribution is 2.19. The van der Waals surface area contributed by atoms with Gasteiger partial charge in [-0.2, -0.15) is 9.59 Å². The summed E-state index contributed by atoms with van der Waals surface area (Å²) in [6.07, 6.45) is 0.634. The number of rotatable bonds is 12. The minimum absolute atomic E-state index is 0. The van der Waals surface area contributed by atoms with Crippen LogP contribution in [0.2, 0.25) is 0 Å². The fourth-order valence-corrected chi connectivity index (χ4v) is 3.55. The minimum atomic E-state index is -0.646. The van der Waals surface area contributed by atoms with Crippen LogP contribution in [0.15, 0.2) is 0 Å². The smallest absolute Gasteiger partial charge is 0.347 e. The van der Waals surface area contributed by atoms with Crippen molar-refractivity contribution in [1.82, 2.24) is 5.32 Å². The van der Waals surface area contributed by atoms with Gasteiger partial charge in [0.15, 0.2) is 5.78 Å². The van der Waals surface area contributed by atoms with E-state index in [1.165, 1.54) is 0 Å². The van der Waals surface area contributed by atoms with Crippen molar-refractivity contribution in [3.63, 3.8) is 0 Å². The van der Waals surface area contributed by atoms with E-state index in [0.29, 0.717) is 5.25 Å². The number of carbonyl (C=O) groups excluding carboxylic acids is 6. The number of Topliss-reactive ketones (excluding diaryl/α,β-unsaturated/α-hetero) is 3. The van der Waals surface area contributed by atoms with E-state index >= 15 is 0 Å². The van der Waals surface area contributed by atoms with Crippen LogP contribution in [-0.2, 0) is 28.8 Å². The molecule has 3 atom stereocenters. The molecule has 7 nitrogen and oxygen atoms in total. The quantitative estimate of drug-likeness (QED) is 0.483. The molecule has 0 bridgehead atoms. The van der Waals surface area contributed by atoms with E-state index in [0.717, 1.165) is 0 Å². The molecule has 176 valence electrons. The van der Waals surface area contributed by atoms with Gasteiger partial charge in [-0.25, -0.2) is 0 Å². The van der Waals surface area contributed by atoms with Crippen molar-refractivity contribution < 1.29 is 28.8 Å². The number of amides is 1. The molecule has 0 aromatic carbocycles. The van der Waals surface area contributed by atoms with Crippen molar-refractivity contribution in [2.75, 3.05) is 0 Å². The molecular weight excluding hydrogens is 406 g/mol. The van der Waals surface area contributed by atoms with Crippen molar-refractivity contribution in [1.29, 1.82) is 0 Å². The van der Waals surface area contributed by atoms with Crippen LogP contribution >= 0.6 is 11.8 Å². The topological polar surface area (TPSA) is 114 Å². The Bertz CT molecular complexity index is 568. The largest absolute Gasteiger partial charge is 0.373 e. The fraction of sp³-hybridized carbons (Fsp3) is 0.773. The molecule has 0 aliphatic rings. The first-order chi connectivity index (χ1) is 12.9. The lowest BCUT2D eigenvalue weighted by Gasteiger charge is -2.17. The summed E-state index contributed by atoms with van der Waals surface area (Å²) in [5.74, 6) is -0.825. The summed E-state index contributed by atoms with van der Waals surface area (Å²) in [6, 6.07) is -0.646. The lowest BCUT2D eigenvalue weighted by Crippen LogP contribution is -2.40. The van der Waals surface area contributed by atoms with Crippen LogP contribution in [0.5, 0.6) is 0 Å². The Morgan fingerprint density at radius 3 is 1.70 bits per heavy atom. The Kier molecular flexibility index (Phi) is 22.8. The zero-order valence-electron chi connectivity index (χ0n) is 17.9. The standard InChI is InChI=1S/C19H33NO4S.CO2.2CH4/c1-11(2)19(24)13(5)10-17(22)14(6)20-18(23)9-8-16(21)15(7)25-12(3)4;2-1-3;;/h11-15H,8-10H2,1-7H3,(H,20,23);;2*1H4/t13-,14+,15?;;;/m1.../s1. The summed E-state index contributed by atoms with van der Waals surface area (Å²) in [5.41, 5.74) is 0. The highest BCUT2D eigenvalue weighted by Gasteiger charge is 2.24. The molecule has 0 radical (unpaired) electrons. The predicted molar refractivity (Wildman–Crippen MR) is 121 cm³/mol. The van der Waals surface area contributed by atoms with Crippen LogP contribution in [0.25, 0.3) is 0 Å². The first-order valence-corrected chi connectivity index (χ1v) is 10.3. The Labute approximate surface area is 186 Å². The van der Waals surface area contributed by atoms with Crippen LogP contribution in [0.3, 0.4) is 0 Å². The highest BCUT2D eigenvalue weighted by atomic mass is 32.2. The molecule has 1 N–H and O–H groups in total. The Morgan fingerprint density at radius 2 is 1.30 bits per heavy atom. The Morgan fingerprint density at radius 1 is 0.833 bits per heavy atom. The molecule has 1 amide bonds. The van der Waals surface area contributed by atoms with Crippen molar-refractivity contribution >= 4 is 41.2 Å². The molecule has 0 aliphatic heterocycles. The average Bonchev–Trinajstić information content (AvgIpc) is 2.58. The van der Waals surface area contributed by atoms with E-state index in [1.807, 2.05) is 34.6 Å². The summed E-state index contributed by atoms with van der Waals surface area (Å²) in [4.78, 5) is 64.2. The van der Waals surface area contributed by atoms with Gasteiger partial charge in [-0.3, -0.25) is 19.2 Å². The van der Waals surface area contributed by atoms with Gasteiger partial charge in [-0.15, -0.1) is 11.8 Å². The van der Waals surface area contributed by atoms with Gasteiger partial charge < -0.3 is 5.32 Å². The number of hydrogen-bond donors (Lipinski definition) is 1. The number of ketones is 3. The second kappa shape index (κ2) is 19.2. The van der Waals surface area contributed by atoms with Gasteiger partial charge in [0.2, 0.25) is 5.91 Å². The van der Waals surface area contributed by atoms with Gasteiger partial charge in [0.1, 0.15) is 11.6 Å². The lowest BCUT2D eigenvalue weighted by atomic mass is 9.91. The predicted octanol–water partition coefficient (Wildman–Crippen LogP) is 3.88. The SMILES string of the molecule is C.C.CC(C)SC(C)C(=O)CCC(=O)N[C@@H](C)C(=O)C[C@@H](C)C(=O)C(C)C.O=C=O. The van der Waals surface area contributed by atoms with Crippen molar-refractivity contribution in [3.8, 4) is 0 Å². The molecule has 0 fully saturated rings. The molecule has 1 unspecified atom stereocenters. The van der Waals surface area contributed by atoms with E-state index < -0.39 is 6.04 Å². The van der Waals surface area contributed by atoms with E-state index in [-0.39, 0.29) is 80.6 Å². The summed E-state index contributed by atoms with van der Waals surface area (Å²) in [7, 11) is 0. The van der Waals surface area contributed by atoms with E-state index in [9.17, 15) is 19.2 Å². The summed E-state index contributed by atoms with van der Waals surface area (Å²) >= 11 is 1.58. The van der Waals surface area contributed by atoms with Gasteiger partial charge in [-0.05, 0) is 19.1 Å². The molecular formula is C22H41NO6S. The van der Waals surface area contributed by atoms with Crippen LogP contribution in [0.1, 0.15) is 82.6 Å². The monoisotopic (exact) mass is 447 g/mol. The number of carbonyl (C=O) groups is 4. The third kappa shape index (κ3) is 17.1. The van der Waals surface area contributed by atoms with Gasteiger partial charge in [0.05, 0.1) is 11.3 Å². The maximum atomic E-state index is 12.1. The second-order valence-corrected chi connectivity index (χ2v) is 9.22. The number of nitrogens with one attached hydrogen (secondary N) is 1. The van der Waals surface area contributed by atoms with Crippen LogP contribution < -0.4 is 5.32 Å².